The molecule has 0 N–H and O–H groups in total. The van der Waals surface area contributed by atoms with E-state index >= 15 is 0 Å². The van der Waals surface area contributed by atoms with Crippen LogP contribution in [0, 0.1) is 0 Å². The summed E-state index contributed by atoms with van der Waals surface area (Å²) in [7, 11) is 1.64. The van der Waals surface area contributed by atoms with Crippen molar-refractivity contribution in [3.63, 3.8) is 0 Å². The highest BCUT2D eigenvalue weighted by Crippen LogP contribution is 2.32. The van der Waals surface area contributed by atoms with Gasteiger partial charge in [0.1, 0.15) is 17.2 Å². The van der Waals surface area contributed by atoms with Crippen molar-refractivity contribution in [1.82, 2.24) is 15.0 Å². The number of ether oxygens (including phenoxy) is 2. The summed E-state index contributed by atoms with van der Waals surface area (Å²) in [5, 5.41) is 8.37. The van der Waals surface area contributed by atoms with E-state index in [-0.39, 0.29) is 12.5 Å². The van der Waals surface area contributed by atoms with Crippen LogP contribution in [-0.4, -0.2) is 34.6 Å². The highest BCUT2D eigenvalue weighted by Gasteiger charge is 2.25. The van der Waals surface area contributed by atoms with E-state index in [1.54, 1.807) is 16.7 Å². The lowest BCUT2D eigenvalue weighted by Crippen LogP contribution is -2.38. The molecule has 1 aromatic heterocycles. The van der Waals surface area contributed by atoms with Gasteiger partial charge in [0.05, 0.1) is 32.1 Å². The normalized spacial score (nSPS) is 13.3. The molecule has 1 aliphatic heterocycles. The van der Waals surface area contributed by atoms with Crippen LogP contribution in [0.25, 0.3) is 0 Å². The van der Waals surface area contributed by atoms with Gasteiger partial charge in [0, 0.05) is 0 Å². The number of methoxy groups -OCH3 is 1. The van der Waals surface area contributed by atoms with Gasteiger partial charge in [-0.15, -0.1) is 5.10 Å². The molecule has 2 aromatic carbocycles. The first-order valence-electron chi connectivity index (χ1n) is 8.27. The second-order valence-electron chi connectivity index (χ2n) is 5.99. The lowest BCUT2D eigenvalue weighted by Gasteiger charge is -2.28. The second kappa shape index (κ2) is 6.87. The monoisotopic (exact) mass is 350 g/mol. The third kappa shape index (κ3) is 3.23. The van der Waals surface area contributed by atoms with Crippen molar-refractivity contribution in [2.75, 3.05) is 18.6 Å². The largest absolute Gasteiger partial charge is 0.497 e. The Hall–Kier alpha value is -3.35. The highest BCUT2D eigenvalue weighted by molar-refractivity contribution is 5.97. The summed E-state index contributed by atoms with van der Waals surface area (Å²) in [5.41, 5.74) is 2.58. The number of aromatic nitrogens is 3. The topological polar surface area (TPSA) is 69.5 Å². The third-order valence-electron chi connectivity index (χ3n) is 4.22. The van der Waals surface area contributed by atoms with E-state index in [1.165, 1.54) is 0 Å². The van der Waals surface area contributed by atoms with Crippen molar-refractivity contribution >= 4 is 11.6 Å². The molecule has 0 fully saturated rings. The van der Waals surface area contributed by atoms with Crippen LogP contribution in [0.4, 0.5) is 5.69 Å². The molecular weight excluding hydrogens is 332 g/mol. The predicted octanol–water partition coefficient (Wildman–Crippen LogP) is 2.26. The molecule has 0 unspecified atom stereocenters. The van der Waals surface area contributed by atoms with Crippen molar-refractivity contribution in [3.8, 4) is 11.5 Å². The van der Waals surface area contributed by atoms with Gasteiger partial charge in [-0.3, -0.25) is 9.69 Å². The Morgan fingerprint density at radius 2 is 1.92 bits per heavy atom. The summed E-state index contributed by atoms with van der Waals surface area (Å²) >= 11 is 0. The highest BCUT2D eigenvalue weighted by atomic mass is 16.5. The molecule has 0 bridgehead atoms. The summed E-state index contributed by atoms with van der Waals surface area (Å²) in [5.74, 6) is 1.43. The molecule has 0 saturated carbocycles. The van der Waals surface area contributed by atoms with E-state index in [9.17, 15) is 4.79 Å². The van der Waals surface area contributed by atoms with Crippen LogP contribution in [-0.2, 0) is 17.9 Å². The number of benzene rings is 2. The van der Waals surface area contributed by atoms with Crippen molar-refractivity contribution in [3.05, 3.63) is 66.0 Å². The van der Waals surface area contributed by atoms with Crippen molar-refractivity contribution in [2.24, 2.45) is 0 Å². The number of carbonyl (C=O) groups is 1. The average Bonchev–Trinajstić information content (AvgIpc) is 3.12. The number of anilines is 1. The summed E-state index contributed by atoms with van der Waals surface area (Å²) in [4.78, 5) is 13.9. The van der Waals surface area contributed by atoms with E-state index in [1.807, 2.05) is 54.7 Å². The number of hydrogen-bond acceptors (Lipinski definition) is 5. The second-order valence-corrected chi connectivity index (χ2v) is 5.99. The Kier molecular flexibility index (Phi) is 4.27. The van der Waals surface area contributed by atoms with Gasteiger partial charge in [0.15, 0.2) is 6.61 Å². The molecule has 7 heteroatoms. The van der Waals surface area contributed by atoms with Gasteiger partial charge in [-0.05, 0) is 29.8 Å². The molecule has 4 rings (SSSR count). The summed E-state index contributed by atoms with van der Waals surface area (Å²) in [6.45, 7) is 1.00. The maximum Gasteiger partial charge on any atom is 0.265 e. The van der Waals surface area contributed by atoms with Crippen LogP contribution in [0.1, 0.15) is 11.3 Å². The molecule has 0 atom stereocenters. The van der Waals surface area contributed by atoms with Crippen LogP contribution >= 0.6 is 0 Å². The average molecular weight is 350 g/mol. The van der Waals surface area contributed by atoms with Gasteiger partial charge in [-0.25, -0.2) is 4.68 Å². The SMILES string of the molecule is COc1ccc(Cn2cc(CN3C(=O)COc4ccccc43)nn2)cc1. The van der Waals surface area contributed by atoms with Crippen LogP contribution in [0.3, 0.4) is 0 Å². The zero-order valence-corrected chi connectivity index (χ0v) is 14.3. The first-order valence-corrected chi connectivity index (χ1v) is 8.27. The number of para-hydroxylation sites is 2. The third-order valence-corrected chi connectivity index (χ3v) is 4.22. The van der Waals surface area contributed by atoms with Gasteiger partial charge in [-0.2, -0.15) is 0 Å². The molecule has 2 heterocycles. The van der Waals surface area contributed by atoms with Crippen molar-refractivity contribution in [2.45, 2.75) is 13.1 Å². The van der Waals surface area contributed by atoms with Gasteiger partial charge in [-0.1, -0.05) is 29.5 Å². The van der Waals surface area contributed by atoms with Crippen LogP contribution in [0.2, 0.25) is 0 Å². The van der Waals surface area contributed by atoms with Crippen molar-refractivity contribution < 1.29 is 14.3 Å². The van der Waals surface area contributed by atoms with Crippen LogP contribution in [0.5, 0.6) is 11.5 Å². The van der Waals surface area contributed by atoms with Gasteiger partial charge < -0.3 is 9.47 Å². The zero-order valence-electron chi connectivity index (χ0n) is 14.3. The van der Waals surface area contributed by atoms with E-state index in [0.29, 0.717) is 18.8 Å². The number of amides is 1. The summed E-state index contributed by atoms with van der Waals surface area (Å²) < 4.78 is 12.4. The molecular formula is C19H18N4O3. The summed E-state index contributed by atoms with van der Waals surface area (Å²) in [6.07, 6.45) is 1.86. The number of rotatable bonds is 5. The molecule has 0 radical (unpaired) electrons. The quantitative estimate of drug-likeness (QED) is 0.706. The smallest absolute Gasteiger partial charge is 0.265 e. The molecule has 0 aliphatic carbocycles. The Labute approximate surface area is 150 Å². The number of carbonyl (C=O) groups excluding carboxylic acids is 1. The molecule has 3 aromatic rings. The minimum absolute atomic E-state index is 0.0387. The zero-order chi connectivity index (χ0) is 17.9. The first kappa shape index (κ1) is 16.1. The molecule has 7 nitrogen and oxygen atoms in total. The molecule has 1 aliphatic rings. The van der Waals surface area contributed by atoms with E-state index < -0.39 is 0 Å². The molecule has 0 spiro atoms. The lowest BCUT2D eigenvalue weighted by molar-refractivity contribution is -0.121. The summed E-state index contributed by atoms with van der Waals surface area (Å²) in [6, 6.07) is 15.3. The fourth-order valence-corrected chi connectivity index (χ4v) is 2.90. The maximum atomic E-state index is 12.3. The first-order chi connectivity index (χ1) is 12.7. The van der Waals surface area contributed by atoms with Crippen molar-refractivity contribution in [1.29, 1.82) is 0 Å². The van der Waals surface area contributed by atoms with E-state index in [2.05, 4.69) is 10.3 Å². The Balaban J connectivity index is 1.49. The van der Waals surface area contributed by atoms with Gasteiger partial charge in [0.25, 0.3) is 5.91 Å². The fourth-order valence-electron chi connectivity index (χ4n) is 2.90. The Morgan fingerprint density at radius 3 is 2.73 bits per heavy atom. The maximum absolute atomic E-state index is 12.3. The molecule has 1 amide bonds. The fraction of sp³-hybridized carbons (Fsp3) is 0.211. The predicted molar refractivity (Wildman–Crippen MR) is 95.2 cm³/mol. The van der Waals surface area contributed by atoms with E-state index in [0.717, 1.165) is 22.7 Å². The molecule has 26 heavy (non-hydrogen) atoms. The van der Waals surface area contributed by atoms with Crippen LogP contribution in [0.15, 0.2) is 54.7 Å². The standard InChI is InChI=1S/C19H18N4O3/c1-25-16-8-6-14(7-9-16)10-22-11-15(20-21-22)12-23-17-4-2-3-5-18(17)26-13-19(23)24/h2-9,11H,10,12-13H2,1H3. The number of fused-ring (bicyclic) bond motifs is 1. The molecule has 132 valence electrons. The number of hydrogen-bond donors (Lipinski definition) is 0. The number of nitrogens with zero attached hydrogens (tertiary/aromatic N) is 4. The minimum Gasteiger partial charge on any atom is -0.497 e. The minimum atomic E-state index is -0.0894. The van der Waals surface area contributed by atoms with Crippen LogP contribution < -0.4 is 14.4 Å². The van der Waals surface area contributed by atoms with Gasteiger partial charge in [0.2, 0.25) is 0 Å². The van der Waals surface area contributed by atoms with E-state index in [4.69, 9.17) is 9.47 Å². The Morgan fingerprint density at radius 1 is 1.12 bits per heavy atom. The van der Waals surface area contributed by atoms with Gasteiger partial charge >= 0.3 is 0 Å². The molecule has 0 saturated heterocycles. The Bertz CT molecular complexity index is 921. The lowest BCUT2D eigenvalue weighted by atomic mass is 10.2.